The Kier molecular flexibility index (Phi) is 8.47. The molecule has 4 rings (SSSR count). The molecule has 0 aliphatic rings. The number of aromatic amines is 1. The van der Waals surface area contributed by atoms with Crippen LogP contribution in [0.4, 0.5) is 4.39 Å². The van der Waals surface area contributed by atoms with Crippen molar-refractivity contribution < 1.29 is 19.0 Å². The molecule has 2 heterocycles. The molecule has 37 heavy (non-hydrogen) atoms. The zero-order valence-electron chi connectivity index (χ0n) is 21.3. The number of likely N-dealkylation sites (N-methyl/N-ethyl adjacent to an activating group) is 1. The summed E-state index contributed by atoms with van der Waals surface area (Å²) >= 11 is 0. The summed E-state index contributed by atoms with van der Waals surface area (Å²) < 4.78 is 19.7. The predicted octanol–water partition coefficient (Wildman–Crippen LogP) is 4.29. The highest BCUT2D eigenvalue weighted by molar-refractivity contribution is 5.96. The largest absolute Gasteiger partial charge is 0.493 e. The van der Waals surface area contributed by atoms with Crippen LogP contribution in [0.3, 0.4) is 0 Å². The van der Waals surface area contributed by atoms with Gasteiger partial charge in [-0.15, -0.1) is 0 Å². The number of fused-ring (bicyclic) bond motifs is 1. The molecule has 0 fully saturated rings. The molecule has 2 aromatic heterocycles. The Labute approximate surface area is 215 Å². The second kappa shape index (κ2) is 11.9. The Bertz CT molecular complexity index is 1360. The van der Waals surface area contributed by atoms with Crippen LogP contribution >= 0.6 is 0 Å². The number of carbonyl (C=O) groups is 1. The number of aliphatic hydroxyl groups excluding tert-OH is 1. The SMILES string of the molecule is CCOc1cc(C(=O)N(C)[C@H](CCN(C)CCO)c2cncc3cn[nH]c23)ccc1-c1cccc(F)c1. The third-order valence-electron chi connectivity index (χ3n) is 6.46. The summed E-state index contributed by atoms with van der Waals surface area (Å²) in [6.07, 6.45) is 5.83. The molecule has 9 heteroatoms. The minimum atomic E-state index is -0.338. The highest BCUT2D eigenvalue weighted by Crippen LogP contribution is 2.34. The van der Waals surface area contributed by atoms with E-state index in [-0.39, 0.29) is 24.4 Å². The topological polar surface area (TPSA) is 94.6 Å². The molecule has 0 aliphatic heterocycles. The number of hydrogen-bond donors (Lipinski definition) is 2. The van der Waals surface area contributed by atoms with Gasteiger partial charge in [0.25, 0.3) is 5.91 Å². The van der Waals surface area contributed by atoms with Crippen molar-refractivity contribution in [1.29, 1.82) is 0 Å². The molecule has 0 saturated heterocycles. The van der Waals surface area contributed by atoms with Gasteiger partial charge in [0.1, 0.15) is 11.6 Å². The van der Waals surface area contributed by atoms with Crippen molar-refractivity contribution in [3.05, 3.63) is 78.0 Å². The van der Waals surface area contributed by atoms with Crippen LogP contribution in [0.15, 0.2) is 61.1 Å². The normalized spacial score (nSPS) is 12.2. The lowest BCUT2D eigenvalue weighted by Gasteiger charge is -2.30. The second-order valence-corrected chi connectivity index (χ2v) is 8.96. The maximum absolute atomic E-state index is 13.9. The van der Waals surface area contributed by atoms with E-state index in [0.717, 1.165) is 16.5 Å². The van der Waals surface area contributed by atoms with Crippen molar-refractivity contribution in [3.8, 4) is 16.9 Å². The van der Waals surface area contributed by atoms with Crippen LogP contribution in [0.1, 0.15) is 35.3 Å². The molecule has 0 radical (unpaired) electrons. The molecule has 0 saturated carbocycles. The van der Waals surface area contributed by atoms with Gasteiger partial charge in [0.15, 0.2) is 0 Å². The van der Waals surface area contributed by atoms with Crippen LogP contribution in [-0.4, -0.2) is 76.4 Å². The van der Waals surface area contributed by atoms with E-state index in [9.17, 15) is 14.3 Å². The average molecular weight is 506 g/mol. The number of pyridine rings is 1. The number of hydrogen-bond acceptors (Lipinski definition) is 6. The van der Waals surface area contributed by atoms with Gasteiger partial charge in [-0.25, -0.2) is 4.39 Å². The molecule has 1 atom stereocenters. The van der Waals surface area contributed by atoms with Crippen LogP contribution in [0.5, 0.6) is 5.75 Å². The Morgan fingerprint density at radius 3 is 2.73 bits per heavy atom. The molecule has 4 aromatic rings. The van der Waals surface area contributed by atoms with Gasteiger partial charge >= 0.3 is 0 Å². The van der Waals surface area contributed by atoms with Crippen molar-refractivity contribution in [2.24, 2.45) is 0 Å². The van der Waals surface area contributed by atoms with Gasteiger partial charge in [-0.05, 0) is 56.3 Å². The summed E-state index contributed by atoms with van der Waals surface area (Å²) in [5.41, 5.74) is 3.56. The molecule has 0 aliphatic carbocycles. The summed E-state index contributed by atoms with van der Waals surface area (Å²) in [5.74, 6) is -0.00238. The maximum atomic E-state index is 13.9. The van der Waals surface area contributed by atoms with E-state index in [1.54, 1.807) is 54.8 Å². The monoisotopic (exact) mass is 505 g/mol. The van der Waals surface area contributed by atoms with Crippen LogP contribution < -0.4 is 4.74 Å². The first-order valence-corrected chi connectivity index (χ1v) is 12.3. The zero-order chi connectivity index (χ0) is 26.4. The minimum Gasteiger partial charge on any atom is -0.493 e. The lowest BCUT2D eigenvalue weighted by molar-refractivity contribution is 0.0711. The van der Waals surface area contributed by atoms with Crippen molar-refractivity contribution >= 4 is 16.8 Å². The van der Waals surface area contributed by atoms with E-state index in [4.69, 9.17) is 4.74 Å². The first kappa shape index (κ1) is 26.2. The van der Waals surface area contributed by atoms with Gasteiger partial charge in [-0.1, -0.05) is 12.1 Å². The van der Waals surface area contributed by atoms with Crippen molar-refractivity contribution in [2.75, 3.05) is 40.4 Å². The molecule has 0 unspecified atom stereocenters. The third kappa shape index (κ3) is 5.95. The van der Waals surface area contributed by atoms with E-state index in [1.807, 2.05) is 24.9 Å². The number of halogens is 1. The summed E-state index contributed by atoms with van der Waals surface area (Å²) in [7, 11) is 3.71. The number of rotatable bonds is 11. The summed E-state index contributed by atoms with van der Waals surface area (Å²) in [5, 5.41) is 17.4. The molecular formula is C28H32FN5O3. The van der Waals surface area contributed by atoms with Gasteiger partial charge in [0.05, 0.1) is 31.0 Å². The van der Waals surface area contributed by atoms with E-state index >= 15 is 0 Å². The first-order chi connectivity index (χ1) is 17.9. The van der Waals surface area contributed by atoms with Gasteiger partial charge < -0.3 is 19.6 Å². The van der Waals surface area contributed by atoms with Gasteiger partial charge in [0, 0.05) is 54.6 Å². The number of benzene rings is 2. The van der Waals surface area contributed by atoms with E-state index < -0.39 is 0 Å². The lowest BCUT2D eigenvalue weighted by atomic mass is 9.99. The molecular weight excluding hydrogens is 473 g/mol. The number of H-pyrrole nitrogens is 1. The predicted molar refractivity (Wildman–Crippen MR) is 141 cm³/mol. The fourth-order valence-corrected chi connectivity index (χ4v) is 4.49. The van der Waals surface area contributed by atoms with E-state index in [0.29, 0.717) is 48.6 Å². The van der Waals surface area contributed by atoms with Crippen molar-refractivity contribution in [3.63, 3.8) is 0 Å². The molecule has 2 aromatic carbocycles. The van der Waals surface area contributed by atoms with Crippen LogP contribution in [0.2, 0.25) is 0 Å². The van der Waals surface area contributed by atoms with Crippen LogP contribution in [-0.2, 0) is 0 Å². The minimum absolute atomic E-state index is 0.0610. The zero-order valence-corrected chi connectivity index (χ0v) is 21.3. The molecule has 2 N–H and O–H groups in total. The highest BCUT2D eigenvalue weighted by Gasteiger charge is 2.26. The number of aliphatic hydroxyl groups is 1. The summed E-state index contributed by atoms with van der Waals surface area (Å²) in [4.78, 5) is 21.9. The number of nitrogens with one attached hydrogen (secondary N) is 1. The van der Waals surface area contributed by atoms with Crippen molar-refractivity contribution in [1.82, 2.24) is 25.0 Å². The first-order valence-electron chi connectivity index (χ1n) is 12.3. The molecule has 1 amide bonds. The number of nitrogens with zero attached hydrogens (tertiary/aromatic N) is 4. The summed E-state index contributed by atoms with van der Waals surface area (Å²) in [6, 6.07) is 11.2. The number of carbonyl (C=O) groups excluding carboxylic acids is 1. The van der Waals surface area contributed by atoms with E-state index in [1.165, 1.54) is 12.1 Å². The Morgan fingerprint density at radius 2 is 1.97 bits per heavy atom. The van der Waals surface area contributed by atoms with E-state index in [2.05, 4.69) is 15.2 Å². The van der Waals surface area contributed by atoms with Gasteiger partial charge in [0.2, 0.25) is 0 Å². The fourth-order valence-electron chi connectivity index (χ4n) is 4.49. The number of ether oxygens (including phenoxy) is 1. The smallest absolute Gasteiger partial charge is 0.254 e. The quantitative estimate of drug-likeness (QED) is 0.316. The summed E-state index contributed by atoms with van der Waals surface area (Å²) in [6.45, 7) is 3.54. The highest BCUT2D eigenvalue weighted by atomic mass is 19.1. The fraction of sp³-hybridized carbons (Fsp3) is 0.321. The molecule has 194 valence electrons. The lowest BCUT2D eigenvalue weighted by Crippen LogP contribution is -2.34. The van der Waals surface area contributed by atoms with Gasteiger partial charge in [-0.2, -0.15) is 5.10 Å². The Hall–Kier alpha value is -3.82. The number of amides is 1. The molecule has 8 nitrogen and oxygen atoms in total. The van der Waals surface area contributed by atoms with Crippen molar-refractivity contribution in [2.45, 2.75) is 19.4 Å². The maximum Gasteiger partial charge on any atom is 0.254 e. The Balaban J connectivity index is 1.68. The average Bonchev–Trinajstić information content (AvgIpc) is 3.38. The standard InChI is InChI=1S/C28H32FN5O3/c1-4-37-26-15-20(8-9-23(26)19-6-5-7-22(29)14-19)28(36)34(3)25(10-11-33(2)12-13-35)24-18-30-16-21-17-31-32-27(21)24/h5-9,14-18,25,35H,4,10-13H2,1-3H3,(H,31,32)/t25-/m1/s1. The van der Waals surface area contributed by atoms with Crippen LogP contribution in [0.25, 0.3) is 22.0 Å². The second-order valence-electron chi connectivity index (χ2n) is 8.96. The molecule has 0 bridgehead atoms. The number of aromatic nitrogens is 3. The van der Waals surface area contributed by atoms with Crippen LogP contribution in [0, 0.1) is 5.82 Å². The molecule has 0 spiro atoms. The van der Waals surface area contributed by atoms with Gasteiger partial charge in [-0.3, -0.25) is 14.9 Å². The third-order valence-corrected chi connectivity index (χ3v) is 6.46. The Morgan fingerprint density at radius 1 is 1.14 bits per heavy atom.